The van der Waals surface area contributed by atoms with Crippen molar-refractivity contribution in [3.8, 4) is 0 Å². The number of hydrogen-bond donors (Lipinski definition) is 1. The molecule has 166 valence electrons. The molecule has 0 saturated carbocycles. The lowest BCUT2D eigenvalue weighted by molar-refractivity contribution is -0.192. The molecule has 0 aliphatic carbocycles. The minimum atomic E-state index is -5.08. The van der Waals surface area contributed by atoms with E-state index in [9.17, 15) is 13.2 Å². The fraction of sp³-hybridized carbons (Fsp3) is 0.611. The minimum absolute atomic E-state index is 0.247. The van der Waals surface area contributed by atoms with Crippen molar-refractivity contribution < 1.29 is 27.8 Å². The molecule has 1 N–H and O–H groups in total. The van der Waals surface area contributed by atoms with Crippen molar-refractivity contribution in [3.05, 3.63) is 29.0 Å². The second-order valence-electron chi connectivity index (χ2n) is 7.14. The van der Waals surface area contributed by atoms with Crippen LogP contribution in [-0.2, 0) is 23.1 Å². The summed E-state index contributed by atoms with van der Waals surface area (Å²) in [7, 11) is 1.96. The number of aliphatic carboxylic acids is 1. The van der Waals surface area contributed by atoms with Crippen molar-refractivity contribution in [1.82, 2.24) is 19.7 Å². The number of carbonyl (C=O) groups is 1. The lowest BCUT2D eigenvalue weighted by atomic mass is 10.1. The smallest absolute Gasteiger partial charge is 0.475 e. The zero-order valence-electron chi connectivity index (χ0n) is 16.5. The summed E-state index contributed by atoms with van der Waals surface area (Å²) in [6.07, 6.45) is 1.52. The van der Waals surface area contributed by atoms with Gasteiger partial charge >= 0.3 is 12.1 Å². The Bertz CT molecular complexity index is 835. The fourth-order valence-electron chi connectivity index (χ4n) is 3.37. The molecule has 2 aromatic heterocycles. The van der Waals surface area contributed by atoms with E-state index in [4.69, 9.17) is 19.6 Å². The molecular weight excluding hydrogens is 423 g/mol. The molecule has 4 heterocycles. The van der Waals surface area contributed by atoms with Crippen molar-refractivity contribution in [3.63, 3.8) is 0 Å². The number of alkyl halides is 3. The van der Waals surface area contributed by atoms with Crippen LogP contribution in [0, 0.1) is 0 Å². The number of anilines is 1. The summed E-state index contributed by atoms with van der Waals surface area (Å²) in [5.41, 5.74) is 2.40. The number of aryl methyl sites for hydroxylation is 1. The second-order valence-corrected chi connectivity index (χ2v) is 7.97. The van der Waals surface area contributed by atoms with E-state index in [1.54, 1.807) is 11.3 Å². The average Bonchev–Trinajstić information content (AvgIpc) is 3.43. The van der Waals surface area contributed by atoms with Gasteiger partial charge in [0.15, 0.2) is 5.13 Å². The maximum atomic E-state index is 10.6. The summed E-state index contributed by atoms with van der Waals surface area (Å²) in [6, 6.07) is 0.247. The van der Waals surface area contributed by atoms with Crippen LogP contribution < -0.4 is 4.90 Å². The van der Waals surface area contributed by atoms with Gasteiger partial charge in [0.25, 0.3) is 0 Å². The molecule has 4 rings (SSSR count). The fourth-order valence-corrected chi connectivity index (χ4v) is 4.30. The molecule has 0 bridgehead atoms. The van der Waals surface area contributed by atoms with Crippen molar-refractivity contribution in [2.24, 2.45) is 7.05 Å². The van der Waals surface area contributed by atoms with Gasteiger partial charge in [0, 0.05) is 50.4 Å². The molecule has 12 heteroatoms. The number of rotatable bonds is 4. The highest BCUT2D eigenvalue weighted by molar-refractivity contribution is 7.13. The lowest BCUT2D eigenvalue weighted by Crippen LogP contribution is -2.39. The number of morpholine rings is 1. The van der Waals surface area contributed by atoms with Gasteiger partial charge in [-0.1, -0.05) is 0 Å². The zero-order valence-corrected chi connectivity index (χ0v) is 17.3. The molecule has 1 atom stereocenters. The topological polar surface area (TPSA) is 83.7 Å². The number of ether oxygens (including phenoxy) is 1. The Hall–Kier alpha value is -2.18. The van der Waals surface area contributed by atoms with Gasteiger partial charge < -0.3 is 14.7 Å². The van der Waals surface area contributed by atoms with Gasteiger partial charge in [-0.25, -0.2) is 9.78 Å². The van der Waals surface area contributed by atoms with Gasteiger partial charge in [0.05, 0.1) is 31.1 Å². The van der Waals surface area contributed by atoms with E-state index in [1.807, 2.05) is 17.9 Å². The van der Waals surface area contributed by atoms with Crippen molar-refractivity contribution in [2.75, 3.05) is 37.7 Å². The number of aromatic nitrogens is 3. The normalized spacial score (nSPS) is 20.1. The Kier molecular flexibility index (Phi) is 7.32. The van der Waals surface area contributed by atoms with E-state index in [2.05, 4.69) is 26.5 Å². The summed E-state index contributed by atoms with van der Waals surface area (Å²) in [6.45, 7) is 5.65. The van der Waals surface area contributed by atoms with E-state index in [0.717, 1.165) is 45.1 Å². The molecule has 1 unspecified atom stereocenters. The molecule has 0 aromatic carbocycles. The van der Waals surface area contributed by atoms with Gasteiger partial charge in [-0.2, -0.15) is 18.3 Å². The maximum Gasteiger partial charge on any atom is 0.490 e. The van der Waals surface area contributed by atoms with Crippen LogP contribution in [0.5, 0.6) is 0 Å². The first-order valence-corrected chi connectivity index (χ1v) is 10.4. The van der Waals surface area contributed by atoms with Gasteiger partial charge in [0.2, 0.25) is 0 Å². The number of carboxylic acid groups (broad SMARTS) is 1. The van der Waals surface area contributed by atoms with E-state index in [0.29, 0.717) is 0 Å². The first-order valence-electron chi connectivity index (χ1n) is 9.54. The lowest BCUT2D eigenvalue weighted by Gasteiger charge is -2.34. The Morgan fingerprint density at radius 3 is 2.63 bits per heavy atom. The SMILES string of the molecule is Cn1cc(CN2CCOCC2c2csc(N3CCCC3)n2)cn1.O=C(O)C(F)(F)F. The van der Waals surface area contributed by atoms with Gasteiger partial charge in [-0.15, -0.1) is 11.3 Å². The van der Waals surface area contributed by atoms with Gasteiger partial charge in [-0.05, 0) is 12.8 Å². The number of thiazole rings is 1. The minimum Gasteiger partial charge on any atom is -0.475 e. The van der Waals surface area contributed by atoms with E-state index < -0.39 is 12.1 Å². The first-order chi connectivity index (χ1) is 14.2. The van der Waals surface area contributed by atoms with Crippen LogP contribution in [0.15, 0.2) is 17.8 Å². The molecular formula is C18H24F3N5O3S. The number of halogens is 3. The third-order valence-electron chi connectivity index (χ3n) is 4.85. The van der Waals surface area contributed by atoms with Crippen LogP contribution in [0.25, 0.3) is 0 Å². The van der Waals surface area contributed by atoms with E-state index in [1.165, 1.54) is 23.5 Å². The molecule has 30 heavy (non-hydrogen) atoms. The number of hydrogen-bond acceptors (Lipinski definition) is 7. The number of carboxylic acids is 1. The van der Waals surface area contributed by atoms with Crippen molar-refractivity contribution in [2.45, 2.75) is 31.6 Å². The zero-order chi connectivity index (χ0) is 21.7. The monoisotopic (exact) mass is 447 g/mol. The highest BCUT2D eigenvalue weighted by Gasteiger charge is 2.38. The van der Waals surface area contributed by atoms with E-state index in [-0.39, 0.29) is 6.04 Å². The Balaban J connectivity index is 0.000000318. The predicted octanol–water partition coefficient (Wildman–Crippen LogP) is 2.68. The molecule has 2 aliphatic heterocycles. The van der Waals surface area contributed by atoms with Crippen LogP contribution in [0.3, 0.4) is 0 Å². The van der Waals surface area contributed by atoms with Crippen LogP contribution in [0.2, 0.25) is 0 Å². The Morgan fingerprint density at radius 2 is 2.03 bits per heavy atom. The average molecular weight is 447 g/mol. The van der Waals surface area contributed by atoms with Gasteiger partial charge in [0.1, 0.15) is 0 Å². The highest BCUT2D eigenvalue weighted by atomic mass is 32.1. The summed E-state index contributed by atoms with van der Waals surface area (Å²) in [5, 5.41) is 14.8. The highest BCUT2D eigenvalue weighted by Crippen LogP contribution is 2.31. The van der Waals surface area contributed by atoms with Crippen LogP contribution >= 0.6 is 11.3 Å². The summed E-state index contributed by atoms with van der Waals surface area (Å²) < 4.78 is 39.3. The first kappa shape index (κ1) is 22.5. The summed E-state index contributed by atoms with van der Waals surface area (Å²) in [4.78, 5) is 18.7. The standard InChI is InChI=1S/C16H23N5OS.C2HF3O2/c1-19-9-13(8-17-19)10-21-6-7-22-11-15(21)14-12-23-16(18-14)20-4-2-3-5-20;3-2(4,5)1(6)7/h8-9,12,15H,2-7,10-11H2,1H3;(H,6,7). The van der Waals surface area contributed by atoms with Gasteiger partial charge in [-0.3, -0.25) is 9.58 Å². The predicted molar refractivity (Wildman–Crippen MR) is 104 cm³/mol. The molecule has 2 fully saturated rings. The van der Waals surface area contributed by atoms with Crippen molar-refractivity contribution >= 4 is 22.4 Å². The van der Waals surface area contributed by atoms with Crippen LogP contribution in [-0.4, -0.2) is 69.8 Å². The van der Waals surface area contributed by atoms with Crippen LogP contribution in [0.4, 0.5) is 18.3 Å². The number of nitrogens with zero attached hydrogens (tertiary/aromatic N) is 5. The third kappa shape index (κ3) is 5.92. The molecule has 2 aromatic rings. The van der Waals surface area contributed by atoms with Crippen molar-refractivity contribution in [1.29, 1.82) is 0 Å². The molecule has 2 aliphatic rings. The summed E-state index contributed by atoms with van der Waals surface area (Å²) >= 11 is 1.77. The Labute approximate surface area is 175 Å². The second kappa shape index (κ2) is 9.75. The van der Waals surface area contributed by atoms with E-state index >= 15 is 0 Å². The Morgan fingerprint density at radius 1 is 1.33 bits per heavy atom. The van der Waals surface area contributed by atoms with Crippen LogP contribution in [0.1, 0.15) is 30.1 Å². The molecule has 0 amide bonds. The molecule has 8 nitrogen and oxygen atoms in total. The molecule has 0 spiro atoms. The largest absolute Gasteiger partial charge is 0.490 e. The summed E-state index contributed by atoms with van der Waals surface area (Å²) in [5.74, 6) is -2.76. The molecule has 0 radical (unpaired) electrons. The molecule has 2 saturated heterocycles. The third-order valence-corrected chi connectivity index (χ3v) is 5.77. The maximum absolute atomic E-state index is 10.6. The quantitative estimate of drug-likeness (QED) is 0.772.